The maximum absolute atomic E-state index is 12.2. The molecule has 0 radical (unpaired) electrons. The van der Waals surface area contributed by atoms with Gasteiger partial charge < -0.3 is 9.64 Å². The van der Waals surface area contributed by atoms with E-state index in [9.17, 15) is 4.79 Å². The van der Waals surface area contributed by atoms with Crippen molar-refractivity contribution in [1.29, 1.82) is 5.26 Å². The molecule has 1 unspecified atom stereocenters. The van der Waals surface area contributed by atoms with Crippen LogP contribution in [0, 0.1) is 11.3 Å². The highest BCUT2D eigenvalue weighted by molar-refractivity contribution is 5.54. The molecule has 0 saturated carbocycles. The highest BCUT2D eigenvalue weighted by atomic mass is 16.5. The number of aromatic amines is 1. The van der Waals surface area contributed by atoms with Crippen molar-refractivity contribution in [2.24, 2.45) is 0 Å². The van der Waals surface area contributed by atoms with Gasteiger partial charge in [-0.15, -0.1) is 0 Å². The predicted molar refractivity (Wildman–Crippen MR) is 103 cm³/mol. The fraction of sp³-hybridized carbons (Fsp3) is 0.250. The number of ether oxygens (including phenoxy) is 1. The third kappa shape index (κ3) is 3.89. The summed E-state index contributed by atoms with van der Waals surface area (Å²) >= 11 is 0. The summed E-state index contributed by atoms with van der Waals surface area (Å²) in [7, 11) is 0. The van der Waals surface area contributed by atoms with Crippen molar-refractivity contribution in [1.82, 2.24) is 19.9 Å². The van der Waals surface area contributed by atoms with E-state index in [-0.39, 0.29) is 11.5 Å². The van der Waals surface area contributed by atoms with Gasteiger partial charge in [0.15, 0.2) is 0 Å². The highest BCUT2D eigenvalue weighted by Crippen LogP contribution is 2.23. The second-order valence-corrected chi connectivity index (χ2v) is 6.50. The summed E-state index contributed by atoms with van der Waals surface area (Å²) in [4.78, 5) is 29.7. The molecule has 0 aliphatic carbocycles. The number of benzene rings is 1. The molecular weight excluding hydrogens is 356 g/mol. The molecule has 0 bridgehead atoms. The fourth-order valence-corrected chi connectivity index (χ4v) is 3.20. The van der Waals surface area contributed by atoms with E-state index in [0.717, 1.165) is 5.56 Å². The normalized spacial score (nSPS) is 17.0. The standard InChI is InChI=1S/C20H18N6O2/c21-10-14-1-3-15(4-2-14)16-11-26(7-8-28-12-16)20-24-18(9-19(27)25-20)17-5-6-22-13-23-17/h1-6,9,13,16H,7-8,11-12H2,(H,24,25,27). The van der Waals surface area contributed by atoms with Gasteiger partial charge in [0.1, 0.15) is 6.33 Å². The maximum atomic E-state index is 12.2. The number of nitrogens with one attached hydrogen (secondary N) is 1. The third-order valence-electron chi connectivity index (χ3n) is 4.65. The van der Waals surface area contributed by atoms with Gasteiger partial charge >= 0.3 is 0 Å². The lowest BCUT2D eigenvalue weighted by Gasteiger charge is -2.24. The first kappa shape index (κ1) is 17.8. The van der Waals surface area contributed by atoms with Crippen LogP contribution in [-0.4, -0.2) is 46.2 Å². The lowest BCUT2D eigenvalue weighted by Crippen LogP contribution is -2.32. The molecule has 1 aliphatic rings. The Kier molecular flexibility index (Phi) is 5.08. The molecule has 0 spiro atoms. The molecule has 1 fully saturated rings. The molecular formula is C20H18N6O2. The Labute approximate surface area is 161 Å². The molecule has 2 aromatic heterocycles. The van der Waals surface area contributed by atoms with Crippen LogP contribution in [0.25, 0.3) is 11.4 Å². The maximum Gasteiger partial charge on any atom is 0.252 e. The van der Waals surface area contributed by atoms with Crippen molar-refractivity contribution in [3.63, 3.8) is 0 Å². The van der Waals surface area contributed by atoms with E-state index in [4.69, 9.17) is 10.00 Å². The van der Waals surface area contributed by atoms with E-state index in [1.54, 1.807) is 24.4 Å². The number of hydrogen-bond donors (Lipinski definition) is 1. The van der Waals surface area contributed by atoms with Crippen molar-refractivity contribution in [2.75, 3.05) is 31.2 Å². The van der Waals surface area contributed by atoms with Gasteiger partial charge in [0.05, 0.1) is 36.2 Å². The Morgan fingerprint density at radius 3 is 2.82 bits per heavy atom. The third-order valence-corrected chi connectivity index (χ3v) is 4.65. The van der Waals surface area contributed by atoms with Crippen molar-refractivity contribution < 1.29 is 4.74 Å². The minimum Gasteiger partial charge on any atom is -0.379 e. The average Bonchev–Trinajstić information content (AvgIpc) is 3.00. The zero-order valence-corrected chi connectivity index (χ0v) is 15.1. The molecule has 4 rings (SSSR count). The van der Waals surface area contributed by atoms with E-state index >= 15 is 0 Å². The first-order valence-electron chi connectivity index (χ1n) is 8.93. The van der Waals surface area contributed by atoms with E-state index in [2.05, 4.69) is 26.0 Å². The van der Waals surface area contributed by atoms with Crippen LogP contribution in [0.4, 0.5) is 5.95 Å². The van der Waals surface area contributed by atoms with Crippen LogP contribution in [0.15, 0.2) is 53.7 Å². The Hall–Kier alpha value is -3.57. The minimum atomic E-state index is -0.237. The smallest absolute Gasteiger partial charge is 0.252 e. The summed E-state index contributed by atoms with van der Waals surface area (Å²) in [6, 6.07) is 12.8. The minimum absolute atomic E-state index is 0.100. The van der Waals surface area contributed by atoms with Crippen LogP contribution in [0.5, 0.6) is 0 Å². The predicted octanol–water partition coefficient (Wildman–Crippen LogP) is 1.72. The number of nitrogens with zero attached hydrogens (tertiary/aromatic N) is 5. The Bertz CT molecular complexity index is 1040. The van der Waals surface area contributed by atoms with Crippen molar-refractivity contribution >= 4 is 5.95 Å². The Balaban J connectivity index is 1.63. The molecule has 8 nitrogen and oxygen atoms in total. The van der Waals surface area contributed by atoms with Crippen LogP contribution in [0.1, 0.15) is 17.0 Å². The molecule has 28 heavy (non-hydrogen) atoms. The first-order valence-corrected chi connectivity index (χ1v) is 8.93. The molecule has 0 amide bonds. The van der Waals surface area contributed by atoms with Crippen LogP contribution >= 0.6 is 0 Å². The molecule has 3 aromatic rings. The molecule has 140 valence electrons. The monoisotopic (exact) mass is 374 g/mol. The molecule has 8 heteroatoms. The molecule has 1 saturated heterocycles. The first-order chi connectivity index (χ1) is 13.7. The number of nitriles is 1. The van der Waals surface area contributed by atoms with Gasteiger partial charge in [0.2, 0.25) is 5.95 Å². The number of aromatic nitrogens is 4. The SMILES string of the molecule is N#Cc1ccc(C2COCCN(c3nc(-c4ccncn4)cc(=O)[nH]3)C2)cc1. The summed E-state index contributed by atoms with van der Waals surface area (Å²) in [6.07, 6.45) is 3.05. The topological polar surface area (TPSA) is 108 Å². The van der Waals surface area contributed by atoms with Crippen molar-refractivity contribution in [3.8, 4) is 17.5 Å². The summed E-state index contributed by atoms with van der Waals surface area (Å²) in [5, 5.41) is 8.99. The van der Waals surface area contributed by atoms with E-state index in [0.29, 0.717) is 49.2 Å². The fourth-order valence-electron chi connectivity index (χ4n) is 3.20. The van der Waals surface area contributed by atoms with Crippen LogP contribution in [0.3, 0.4) is 0 Å². The highest BCUT2D eigenvalue weighted by Gasteiger charge is 2.22. The number of anilines is 1. The average molecular weight is 374 g/mol. The lowest BCUT2D eigenvalue weighted by atomic mass is 9.98. The largest absolute Gasteiger partial charge is 0.379 e. The van der Waals surface area contributed by atoms with Gasteiger partial charge in [-0.05, 0) is 23.8 Å². The van der Waals surface area contributed by atoms with Gasteiger partial charge in [0, 0.05) is 31.3 Å². The van der Waals surface area contributed by atoms with Gasteiger partial charge in [0.25, 0.3) is 5.56 Å². The molecule has 1 atom stereocenters. The van der Waals surface area contributed by atoms with Gasteiger partial charge in [-0.3, -0.25) is 9.78 Å². The summed E-state index contributed by atoms with van der Waals surface area (Å²) < 4.78 is 5.77. The van der Waals surface area contributed by atoms with Gasteiger partial charge in [-0.25, -0.2) is 15.0 Å². The summed E-state index contributed by atoms with van der Waals surface area (Å²) in [5.41, 5.74) is 2.57. The zero-order chi connectivity index (χ0) is 19.3. The van der Waals surface area contributed by atoms with Gasteiger partial charge in [-0.2, -0.15) is 5.26 Å². The summed E-state index contributed by atoms with van der Waals surface area (Å²) in [6.45, 7) is 2.36. The number of H-pyrrole nitrogens is 1. The van der Waals surface area contributed by atoms with Gasteiger partial charge in [-0.1, -0.05) is 12.1 Å². The van der Waals surface area contributed by atoms with Crippen LogP contribution in [0.2, 0.25) is 0 Å². The second kappa shape index (κ2) is 7.98. The van der Waals surface area contributed by atoms with E-state index < -0.39 is 0 Å². The molecule has 1 N–H and O–H groups in total. The Morgan fingerprint density at radius 2 is 2.07 bits per heavy atom. The lowest BCUT2D eigenvalue weighted by molar-refractivity contribution is 0.142. The summed E-state index contributed by atoms with van der Waals surface area (Å²) in [5.74, 6) is 0.591. The van der Waals surface area contributed by atoms with Crippen LogP contribution < -0.4 is 10.5 Å². The van der Waals surface area contributed by atoms with Crippen molar-refractivity contribution in [3.05, 3.63) is 70.4 Å². The molecule has 1 aliphatic heterocycles. The number of hydrogen-bond acceptors (Lipinski definition) is 7. The quantitative estimate of drug-likeness (QED) is 0.743. The van der Waals surface area contributed by atoms with Crippen LogP contribution in [-0.2, 0) is 4.74 Å². The number of rotatable bonds is 3. The Morgan fingerprint density at radius 1 is 1.21 bits per heavy atom. The van der Waals surface area contributed by atoms with E-state index in [1.165, 1.54) is 12.4 Å². The van der Waals surface area contributed by atoms with Crippen molar-refractivity contribution in [2.45, 2.75) is 5.92 Å². The molecule has 1 aromatic carbocycles. The molecule has 3 heterocycles. The zero-order valence-electron chi connectivity index (χ0n) is 15.1. The second-order valence-electron chi connectivity index (χ2n) is 6.50. The van der Waals surface area contributed by atoms with E-state index in [1.807, 2.05) is 17.0 Å².